The van der Waals surface area contributed by atoms with Crippen LogP contribution in [-0.2, 0) is 20.9 Å². The molecule has 2 atom stereocenters. The van der Waals surface area contributed by atoms with Crippen molar-refractivity contribution in [1.82, 2.24) is 25.3 Å². The molecule has 0 unspecified atom stereocenters. The maximum Gasteiger partial charge on any atom is 0.239 e. The summed E-state index contributed by atoms with van der Waals surface area (Å²) in [6, 6.07) is 9.89. The van der Waals surface area contributed by atoms with Gasteiger partial charge in [0.25, 0.3) is 0 Å². The molecule has 2 N–H and O–H groups in total. The van der Waals surface area contributed by atoms with Gasteiger partial charge in [-0.1, -0.05) is 30.3 Å². The standard InChI is InChI=1S/C20H25N5O3/c1-14(26)21-11-18(27)22-9-16-8-19(28)24(2)20(16)17-10-23-25(13-17)12-15-6-4-3-5-7-15/h3-7,10,13,16,20H,8-9,11-12H2,1-2H3,(H,21,26)(H,22,27)/t16-,20+/m0/s1. The van der Waals surface area contributed by atoms with Gasteiger partial charge in [-0.25, -0.2) is 0 Å². The van der Waals surface area contributed by atoms with E-state index in [9.17, 15) is 14.4 Å². The van der Waals surface area contributed by atoms with Crippen LogP contribution in [-0.4, -0.2) is 52.5 Å². The number of hydrogen-bond donors (Lipinski definition) is 2. The second kappa shape index (κ2) is 8.69. The molecule has 8 nitrogen and oxygen atoms in total. The number of aromatic nitrogens is 2. The van der Waals surface area contributed by atoms with Gasteiger partial charge in [-0.05, 0) is 5.56 Å². The highest BCUT2D eigenvalue weighted by Gasteiger charge is 2.39. The highest BCUT2D eigenvalue weighted by atomic mass is 16.2. The summed E-state index contributed by atoms with van der Waals surface area (Å²) in [7, 11) is 1.78. The van der Waals surface area contributed by atoms with Gasteiger partial charge < -0.3 is 15.5 Å². The summed E-state index contributed by atoms with van der Waals surface area (Å²) < 4.78 is 1.85. The van der Waals surface area contributed by atoms with E-state index in [-0.39, 0.29) is 36.2 Å². The Morgan fingerprint density at radius 2 is 1.96 bits per heavy atom. The van der Waals surface area contributed by atoms with Gasteiger partial charge in [0.05, 0.1) is 25.3 Å². The molecule has 2 aromatic rings. The molecule has 0 spiro atoms. The molecule has 1 aromatic heterocycles. The van der Waals surface area contributed by atoms with Gasteiger partial charge >= 0.3 is 0 Å². The van der Waals surface area contributed by atoms with Crippen molar-refractivity contribution < 1.29 is 14.4 Å². The first kappa shape index (κ1) is 19.6. The van der Waals surface area contributed by atoms with Crippen molar-refractivity contribution in [3.63, 3.8) is 0 Å². The van der Waals surface area contributed by atoms with Crippen LogP contribution in [0.1, 0.15) is 30.5 Å². The molecular formula is C20H25N5O3. The lowest BCUT2D eigenvalue weighted by Gasteiger charge is -2.24. The zero-order chi connectivity index (χ0) is 20.1. The molecule has 0 radical (unpaired) electrons. The van der Waals surface area contributed by atoms with Crippen LogP contribution >= 0.6 is 0 Å². The molecule has 1 aliphatic heterocycles. The first-order valence-electron chi connectivity index (χ1n) is 9.27. The van der Waals surface area contributed by atoms with Crippen LogP contribution in [0.5, 0.6) is 0 Å². The first-order chi connectivity index (χ1) is 13.4. The monoisotopic (exact) mass is 383 g/mol. The van der Waals surface area contributed by atoms with Gasteiger partial charge in [0, 0.05) is 44.6 Å². The van der Waals surface area contributed by atoms with E-state index in [0.717, 1.165) is 11.1 Å². The maximum atomic E-state index is 12.3. The third-order valence-electron chi connectivity index (χ3n) is 4.94. The number of nitrogens with one attached hydrogen (secondary N) is 2. The molecule has 2 heterocycles. The summed E-state index contributed by atoms with van der Waals surface area (Å²) >= 11 is 0. The predicted molar refractivity (Wildman–Crippen MR) is 103 cm³/mol. The van der Waals surface area contributed by atoms with E-state index in [2.05, 4.69) is 15.7 Å². The molecule has 8 heteroatoms. The SMILES string of the molecule is CC(=O)NCC(=O)NC[C@@H]1CC(=O)N(C)[C@H]1c1cnn(Cc2ccccc2)c1. The average Bonchev–Trinajstić information content (AvgIpc) is 3.23. The lowest BCUT2D eigenvalue weighted by atomic mass is 9.95. The predicted octanol–water partition coefficient (Wildman–Crippen LogP) is 0.703. The Morgan fingerprint density at radius 3 is 2.68 bits per heavy atom. The van der Waals surface area contributed by atoms with Gasteiger partial charge in [0.1, 0.15) is 0 Å². The van der Waals surface area contributed by atoms with E-state index in [0.29, 0.717) is 19.5 Å². The van der Waals surface area contributed by atoms with Crippen molar-refractivity contribution in [2.24, 2.45) is 5.92 Å². The number of carbonyl (C=O) groups excluding carboxylic acids is 3. The molecule has 0 saturated carbocycles. The Labute approximate surface area is 163 Å². The molecule has 1 fully saturated rings. The van der Waals surface area contributed by atoms with E-state index >= 15 is 0 Å². The lowest BCUT2D eigenvalue weighted by molar-refractivity contribution is -0.127. The highest BCUT2D eigenvalue weighted by Crippen LogP contribution is 2.36. The summed E-state index contributed by atoms with van der Waals surface area (Å²) in [5, 5.41) is 9.71. The second-order valence-corrected chi connectivity index (χ2v) is 7.08. The molecule has 0 bridgehead atoms. The largest absolute Gasteiger partial charge is 0.354 e. The summed E-state index contributed by atoms with van der Waals surface area (Å²) in [6.45, 7) is 2.32. The van der Waals surface area contributed by atoms with Gasteiger partial charge in [-0.2, -0.15) is 5.10 Å². The molecule has 3 amide bonds. The van der Waals surface area contributed by atoms with E-state index < -0.39 is 0 Å². The Morgan fingerprint density at radius 1 is 1.21 bits per heavy atom. The van der Waals surface area contributed by atoms with Gasteiger partial charge in [-0.15, -0.1) is 0 Å². The molecular weight excluding hydrogens is 358 g/mol. The van der Waals surface area contributed by atoms with E-state index in [1.54, 1.807) is 18.1 Å². The van der Waals surface area contributed by atoms with E-state index in [4.69, 9.17) is 0 Å². The fourth-order valence-electron chi connectivity index (χ4n) is 3.53. The second-order valence-electron chi connectivity index (χ2n) is 7.08. The molecule has 148 valence electrons. The van der Waals surface area contributed by atoms with Crippen LogP contribution in [0.25, 0.3) is 0 Å². The molecule has 1 saturated heterocycles. The topological polar surface area (TPSA) is 96.3 Å². The Bertz CT molecular complexity index is 849. The van der Waals surface area contributed by atoms with Crippen molar-refractivity contribution in [3.05, 3.63) is 53.9 Å². The van der Waals surface area contributed by atoms with Crippen LogP contribution < -0.4 is 10.6 Å². The van der Waals surface area contributed by atoms with Crippen molar-refractivity contribution in [1.29, 1.82) is 0 Å². The van der Waals surface area contributed by atoms with E-state index in [1.165, 1.54) is 6.92 Å². The van der Waals surface area contributed by atoms with Crippen molar-refractivity contribution in [3.8, 4) is 0 Å². The minimum Gasteiger partial charge on any atom is -0.354 e. The Balaban J connectivity index is 1.65. The number of nitrogens with zero attached hydrogens (tertiary/aromatic N) is 3. The zero-order valence-corrected chi connectivity index (χ0v) is 16.1. The third kappa shape index (κ3) is 4.76. The number of likely N-dealkylation sites (tertiary alicyclic amines) is 1. The van der Waals surface area contributed by atoms with Crippen molar-refractivity contribution in [2.45, 2.75) is 25.9 Å². The van der Waals surface area contributed by atoms with Crippen LogP contribution in [0, 0.1) is 5.92 Å². The van der Waals surface area contributed by atoms with Gasteiger partial charge in [-0.3, -0.25) is 19.1 Å². The Hall–Kier alpha value is -3.16. The maximum absolute atomic E-state index is 12.3. The normalized spacial score (nSPS) is 18.9. The summed E-state index contributed by atoms with van der Waals surface area (Å²) in [5.41, 5.74) is 2.10. The molecule has 1 aliphatic rings. The highest BCUT2D eigenvalue weighted by molar-refractivity contribution is 5.84. The molecule has 28 heavy (non-hydrogen) atoms. The molecule has 1 aromatic carbocycles. The quantitative estimate of drug-likeness (QED) is 0.736. The summed E-state index contributed by atoms with van der Waals surface area (Å²) in [5.74, 6) is -0.527. The molecule has 3 rings (SSSR count). The molecule has 0 aliphatic carbocycles. The van der Waals surface area contributed by atoms with E-state index in [1.807, 2.05) is 41.2 Å². The smallest absolute Gasteiger partial charge is 0.239 e. The minimum absolute atomic E-state index is 0.0434. The number of benzene rings is 1. The van der Waals surface area contributed by atoms with Crippen LogP contribution in [0.3, 0.4) is 0 Å². The van der Waals surface area contributed by atoms with Gasteiger partial charge in [0.15, 0.2) is 0 Å². The van der Waals surface area contributed by atoms with Crippen LogP contribution in [0.2, 0.25) is 0 Å². The fraction of sp³-hybridized carbons (Fsp3) is 0.400. The number of hydrogen-bond acceptors (Lipinski definition) is 4. The zero-order valence-electron chi connectivity index (χ0n) is 16.1. The summed E-state index contributed by atoms with van der Waals surface area (Å²) in [6.07, 6.45) is 4.11. The number of amides is 3. The fourth-order valence-corrected chi connectivity index (χ4v) is 3.53. The summed E-state index contributed by atoms with van der Waals surface area (Å²) in [4.78, 5) is 36.8. The first-order valence-corrected chi connectivity index (χ1v) is 9.27. The lowest BCUT2D eigenvalue weighted by Crippen LogP contribution is -2.39. The Kier molecular flexibility index (Phi) is 6.08. The number of rotatable bonds is 7. The van der Waals surface area contributed by atoms with Crippen molar-refractivity contribution >= 4 is 17.7 Å². The average molecular weight is 383 g/mol. The van der Waals surface area contributed by atoms with Crippen LogP contribution in [0.15, 0.2) is 42.7 Å². The number of carbonyl (C=O) groups is 3. The van der Waals surface area contributed by atoms with Crippen LogP contribution in [0.4, 0.5) is 0 Å². The minimum atomic E-state index is -0.268. The van der Waals surface area contributed by atoms with Crippen molar-refractivity contribution in [2.75, 3.05) is 20.1 Å². The van der Waals surface area contributed by atoms with Gasteiger partial charge in [0.2, 0.25) is 17.7 Å². The third-order valence-corrected chi connectivity index (χ3v) is 4.94.